The molecule has 0 amide bonds. The fourth-order valence-electron chi connectivity index (χ4n) is 1.34. The summed E-state index contributed by atoms with van der Waals surface area (Å²) in [6.45, 7) is 4.61. The second-order valence-electron chi connectivity index (χ2n) is 4.63. The van der Waals surface area contributed by atoms with Crippen LogP contribution < -0.4 is 4.74 Å². The van der Waals surface area contributed by atoms with Crippen molar-refractivity contribution in [3.8, 4) is 5.75 Å². The van der Waals surface area contributed by atoms with Crippen LogP contribution >= 0.6 is 23.2 Å². The van der Waals surface area contributed by atoms with Crippen molar-refractivity contribution in [2.75, 3.05) is 13.2 Å². The minimum atomic E-state index is -1.26. The zero-order chi connectivity index (χ0) is 15.3. The Morgan fingerprint density at radius 1 is 1.25 bits per heavy atom. The molecule has 1 rings (SSSR count). The summed E-state index contributed by atoms with van der Waals surface area (Å²) in [6, 6.07) is 4.69. The zero-order valence-electron chi connectivity index (χ0n) is 11.5. The third-order valence-corrected chi connectivity index (χ3v) is 3.28. The number of hydrogen-bond donors (Lipinski definition) is 0. The van der Waals surface area contributed by atoms with E-state index >= 15 is 0 Å². The molecule has 0 aromatic heterocycles. The van der Waals surface area contributed by atoms with E-state index in [1.54, 1.807) is 19.1 Å². The van der Waals surface area contributed by atoms with Crippen molar-refractivity contribution in [2.24, 2.45) is 5.41 Å². The second-order valence-corrected chi connectivity index (χ2v) is 5.48. The summed E-state index contributed by atoms with van der Waals surface area (Å²) >= 11 is 11.7. The number of esters is 1. The molecular formula is C14H16Cl2O4. The highest BCUT2D eigenvalue weighted by Crippen LogP contribution is 2.28. The van der Waals surface area contributed by atoms with Crippen molar-refractivity contribution in [1.29, 1.82) is 0 Å². The molecule has 4 nitrogen and oxygen atoms in total. The molecule has 1 aromatic carbocycles. The molecule has 0 N–H and O–H groups in total. The average Bonchev–Trinajstić information content (AvgIpc) is 2.39. The Morgan fingerprint density at radius 2 is 1.90 bits per heavy atom. The molecule has 0 aliphatic heterocycles. The van der Waals surface area contributed by atoms with E-state index in [1.165, 1.54) is 19.9 Å². The summed E-state index contributed by atoms with van der Waals surface area (Å²) in [6.07, 6.45) is 0. The Labute approximate surface area is 128 Å². The number of halogens is 2. The highest BCUT2D eigenvalue weighted by molar-refractivity contribution is 6.34. The Balaban J connectivity index is 2.71. The van der Waals surface area contributed by atoms with Gasteiger partial charge in [-0.3, -0.25) is 9.59 Å². The smallest absolute Gasteiger partial charge is 0.319 e. The van der Waals surface area contributed by atoms with Crippen LogP contribution in [-0.2, 0) is 14.3 Å². The predicted octanol–water partition coefficient (Wildman–Crippen LogP) is 3.53. The van der Waals surface area contributed by atoms with Gasteiger partial charge in [-0.1, -0.05) is 23.2 Å². The van der Waals surface area contributed by atoms with Crippen molar-refractivity contribution < 1.29 is 19.1 Å². The molecule has 0 saturated heterocycles. The molecule has 0 radical (unpaired) electrons. The monoisotopic (exact) mass is 318 g/mol. The first-order chi connectivity index (χ1) is 9.28. The minimum absolute atomic E-state index is 0.219. The Kier molecular flexibility index (Phi) is 5.84. The molecule has 0 saturated carbocycles. The van der Waals surface area contributed by atoms with Gasteiger partial charge in [-0.05, 0) is 32.9 Å². The summed E-state index contributed by atoms with van der Waals surface area (Å²) in [4.78, 5) is 23.7. The lowest BCUT2D eigenvalue weighted by Gasteiger charge is -2.20. The van der Waals surface area contributed by atoms with Crippen LogP contribution in [0.4, 0.5) is 0 Å². The van der Waals surface area contributed by atoms with Crippen LogP contribution in [0.15, 0.2) is 18.2 Å². The number of carbonyl (C=O) groups is 2. The Bertz CT molecular complexity index is 512. The maximum Gasteiger partial charge on any atom is 0.319 e. The van der Waals surface area contributed by atoms with Crippen LogP contribution in [0.1, 0.15) is 20.8 Å². The van der Waals surface area contributed by atoms with Gasteiger partial charge < -0.3 is 9.47 Å². The van der Waals surface area contributed by atoms with Gasteiger partial charge in [0, 0.05) is 11.1 Å². The number of rotatable bonds is 6. The van der Waals surface area contributed by atoms with E-state index in [2.05, 4.69) is 0 Å². The van der Waals surface area contributed by atoms with Crippen LogP contribution in [0, 0.1) is 5.41 Å². The second kappa shape index (κ2) is 6.95. The zero-order valence-corrected chi connectivity index (χ0v) is 13.0. The molecule has 0 heterocycles. The van der Waals surface area contributed by atoms with Crippen molar-refractivity contribution in [1.82, 2.24) is 0 Å². The average molecular weight is 319 g/mol. The molecule has 0 aliphatic carbocycles. The largest absolute Gasteiger partial charge is 0.484 e. The molecular weight excluding hydrogens is 303 g/mol. The number of hydrogen-bond acceptors (Lipinski definition) is 4. The Morgan fingerprint density at radius 3 is 2.50 bits per heavy atom. The first kappa shape index (κ1) is 16.8. The fourth-order valence-corrected chi connectivity index (χ4v) is 1.67. The van der Waals surface area contributed by atoms with Gasteiger partial charge in [-0.2, -0.15) is 0 Å². The molecule has 6 heteroatoms. The van der Waals surface area contributed by atoms with E-state index in [0.717, 1.165) is 0 Å². The normalized spacial score (nSPS) is 11.1. The SMILES string of the molecule is CCOC(=O)C(C)(C)C(=O)COc1cc(Cl)ccc1Cl. The number of Topliss-reactive ketones (excluding diaryl/α,β-unsaturated/α-hetero) is 1. The van der Waals surface area contributed by atoms with Crippen molar-refractivity contribution in [3.05, 3.63) is 28.2 Å². The van der Waals surface area contributed by atoms with Gasteiger partial charge >= 0.3 is 5.97 Å². The van der Waals surface area contributed by atoms with Crippen LogP contribution in [0.25, 0.3) is 0 Å². The van der Waals surface area contributed by atoms with Gasteiger partial charge in [0.1, 0.15) is 17.8 Å². The first-order valence-electron chi connectivity index (χ1n) is 6.07. The lowest BCUT2D eigenvalue weighted by Crippen LogP contribution is -2.38. The van der Waals surface area contributed by atoms with E-state index in [9.17, 15) is 9.59 Å². The number of ketones is 1. The van der Waals surface area contributed by atoms with E-state index in [-0.39, 0.29) is 13.2 Å². The lowest BCUT2D eigenvalue weighted by atomic mass is 9.88. The lowest BCUT2D eigenvalue weighted by molar-refractivity contribution is -0.158. The van der Waals surface area contributed by atoms with Gasteiger partial charge in [0.2, 0.25) is 0 Å². The third kappa shape index (κ3) is 4.12. The summed E-state index contributed by atoms with van der Waals surface area (Å²) in [7, 11) is 0. The highest BCUT2D eigenvalue weighted by Gasteiger charge is 2.37. The van der Waals surface area contributed by atoms with Gasteiger partial charge in [0.05, 0.1) is 11.6 Å². The Hall–Kier alpha value is -1.26. The molecule has 0 atom stereocenters. The van der Waals surface area contributed by atoms with Crippen LogP contribution in [0.5, 0.6) is 5.75 Å². The van der Waals surface area contributed by atoms with Crippen molar-refractivity contribution in [2.45, 2.75) is 20.8 Å². The molecule has 0 bridgehead atoms. The van der Waals surface area contributed by atoms with Crippen LogP contribution in [0.3, 0.4) is 0 Å². The van der Waals surface area contributed by atoms with E-state index < -0.39 is 17.2 Å². The molecule has 0 unspecified atom stereocenters. The van der Waals surface area contributed by atoms with E-state index in [0.29, 0.717) is 15.8 Å². The highest BCUT2D eigenvalue weighted by atomic mass is 35.5. The molecule has 0 fully saturated rings. The summed E-state index contributed by atoms with van der Waals surface area (Å²) < 4.78 is 10.2. The molecule has 20 heavy (non-hydrogen) atoms. The van der Waals surface area contributed by atoms with E-state index in [1.807, 2.05) is 0 Å². The number of ether oxygens (including phenoxy) is 2. The molecule has 0 spiro atoms. The standard InChI is InChI=1S/C14H16Cl2O4/c1-4-19-13(18)14(2,3)12(17)8-20-11-7-9(15)5-6-10(11)16/h5-7H,4,8H2,1-3H3. The summed E-state index contributed by atoms with van der Waals surface area (Å²) in [5, 5.41) is 0.789. The quantitative estimate of drug-likeness (QED) is 0.594. The molecule has 110 valence electrons. The fraction of sp³-hybridized carbons (Fsp3) is 0.429. The summed E-state index contributed by atoms with van der Waals surface area (Å²) in [5.41, 5.74) is -1.26. The maximum absolute atomic E-state index is 12.0. The maximum atomic E-state index is 12.0. The number of benzene rings is 1. The van der Waals surface area contributed by atoms with Crippen molar-refractivity contribution >= 4 is 35.0 Å². The van der Waals surface area contributed by atoms with Gasteiger partial charge in [-0.15, -0.1) is 0 Å². The molecule has 0 aliphatic rings. The predicted molar refractivity (Wildman–Crippen MR) is 77.4 cm³/mol. The summed E-state index contributed by atoms with van der Waals surface area (Å²) in [5.74, 6) is -0.676. The van der Waals surface area contributed by atoms with E-state index in [4.69, 9.17) is 32.7 Å². The minimum Gasteiger partial charge on any atom is -0.484 e. The van der Waals surface area contributed by atoms with Crippen LogP contribution in [-0.4, -0.2) is 25.0 Å². The van der Waals surface area contributed by atoms with Crippen molar-refractivity contribution in [3.63, 3.8) is 0 Å². The molecule has 1 aromatic rings. The third-order valence-electron chi connectivity index (χ3n) is 2.73. The van der Waals surface area contributed by atoms with Gasteiger partial charge in [0.15, 0.2) is 5.78 Å². The van der Waals surface area contributed by atoms with Gasteiger partial charge in [0.25, 0.3) is 0 Å². The first-order valence-corrected chi connectivity index (χ1v) is 6.83. The number of carbonyl (C=O) groups excluding carboxylic acids is 2. The van der Waals surface area contributed by atoms with Gasteiger partial charge in [-0.25, -0.2) is 0 Å². The van der Waals surface area contributed by atoms with Crippen LogP contribution in [0.2, 0.25) is 10.0 Å². The topological polar surface area (TPSA) is 52.6 Å².